The third-order valence-electron chi connectivity index (χ3n) is 4.86. The van der Waals surface area contributed by atoms with E-state index in [0.717, 1.165) is 37.1 Å². The molecule has 2 aromatic carbocycles. The highest BCUT2D eigenvalue weighted by molar-refractivity contribution is 14.1. The Labute approximate surface area is 202 Å². The zero-order valence-corrected chi connectivity index (χ0v) is 19.3. The molecular formula is C24H16IN7O. The molecule has 0 aliphatic heterocycles. The van der Waals surface area contributed by atoms with E-state index in [1.807, 2.05) is 66.9 Å². The Morgan fingerprint density at radius 1 is 0.879 bits per heavy atom. The average molecular weight is 545 g/mol. The van der Waals surface area contributed by atoms with Crippen LogP contribution in [0.3, 0.4) is 0 Å². The van der Waals surface area contributed by atoms with Gasteiger partial charge in [0.1, 0.15) is 17.3 Å². The third-order valence-corrected chi connectivity index (χ3v) is 5.70. The fourth-order valence-electron chi connectivity index (χ4n) is 3.33. The van der Waals surface area contributed by atoms with Crippen LogP contribution in [0.4, 0.5) is 17.5 Å². The Morgan fingerprint density at radius 3 is 2.55 bits per heavy atom. The molecule has 0 unspecified atom stereocenters. The quantitative estimate of drug-likeness (QED) is 0.178. The lowest BCUT2D eigenvalue weighted by Gasteiger charge is -2.13. The molecule has 3 aromatic heterocycles. The number of nitrogens with one attached hydrogen (secondary N) is 2. The van der Waals surface area contributed by atoms with E-state index in [2.05, 4.69) is 53.0 Å². The van der Waals surface area contributed by atoms with Crippen LogP contribution in [-0.4, -0.2) is 19.9 Å². The largest absolute Gasteiger partial charge is 0.456 e. The van der Waals surface area contributed by atoms with Gasteiger partial charge in [-0.25, -0.2) is 10.5 Å². The van der Waals surface area contributed by atoms with E-state index >= 15 is 0 Å². The van der Waals surface area contributed by atoms with Crippen LogP contribution in [0.2, 0.25) is 0 Å². The first kappa shape index (κ1) is 20.9. The van der Waals surface area contributed by atoms with Crippen molar-refractivity contribution >= 4 is 50.8 Å². The van der Waals surface area contributed by atoms with Crippen LogP contribution in [0.15, 0.2) is 90.6 Å². The Morgan fingerprint density at radius 2 is 1.73 bits per heavy atom. The minimum absolute atomic E-state index is 0.0758. The Kier molecular flexibility index (Phi) is 5.85. The molecule has 2 N–H and O–H groups in total. The molecule has 0 atom stereocenters. The van der Waals surface area contributed by atoms with Crippen molar-refractivity contribution in [2.75, 3.05) is 5.32 Å². The van der Waals surface area contributed by atoms with E-state index in [1.165, 1.54) is 0 Å². The van der Waals surface area contributed by atoms with Gasteiger partial charge in [0, 0.05) is 52.9 Å². The van der Waals surface area contributed by atoms with Crippen LogP contribution >= 0.6 is 22.6 Å². The highest BCUT2D eigenvalue weighted by atomic mass is 127. The lowest BCUT2D eigenvalue weighted by atomic mass is 10.1. The average Bonchev–Trinajstić information content (AvgIpc) is 2.86. The number of hydrogen-bond donors (Lipinski definition) is 2. The smallest absolute Gasteiger partial charge is 0.270 e. The molecule has 5 rings (SSSR count). The van der Waals surface area contributed by atoms with Crippen LogP contribution < -0.4 is 10.1 Å². The Hall–Kier alpha value is -3.99. The summed E-state index contributed by atoms with van der Waals surface area (Å²) in [6.45, 7) is 0. The van der Waals surface area contributed by atoms with E-state index in [1.54, 1.807) is 18.6 Å². The SMILES string of the molecule is N=Nc1nc(Nc2ccc(Oc3cccc4cnccc34)c(I)c2)cc(-c2ccncc2)n1. The molecule has 0 aliphatic rings. The summed E-state index contributed by atoms with van der Waals surface area (Å²) < 4.78 is 7.13. The maximum Gasteiger partial charge on any atom is 0.270 e. The molecule has 0 saturated heterocycles. The summed E-state index contributed by atoms with van der Waals surface area (Å²) in [4.78, 5) is 16.8. The molecule has 3 heterocycles. The highest BCUT2D eigenvalue weighted by Gasteiger charge is 2.10. The predicted octanol–water partition coefficient (Wildman–Crippen LogP) is 6.89. The maximum atomic E-state index is 7.34. The van der Waals surface area contributed by atoms with Gasteiger partial charge in [-0.1, -0.05) is 12.1 Å². The fourth-order valence-corrected chi connectivity index (χ4v) is 3.95. The third kappa shape index (κ3) is 4.62. The molecule has 0 fully saturated rings. The van der Waals surface area contributed by atoms with Gasteiger partial charge in [-0.3, -0.25) is 9.97 Å². The first-order valence-electron chi connectivity index (χ1n) is 9.94. The molecule has 8 nitrogen and oxygen atoms in total. The summed E-state index contributed by atoms with van der Waals surface area (Å²) in [6, 6.07) is 19.1. The van der Waals surface area contributed by atoms with E-state index in [9.17, 15) is 0 Å². The van der Waals surface area contributed by atoms with Gasteiger partial charge in [0.25, 0.3) is 5.95 Å². The Bertz CT molecular complexity index is 1460. The van der Waals surface area contributed by atoms with Gasteiger partial charge in [-0.2, -0.15) is 4.98 Å². The highest BCUT2D eigenvalue weighted by Crippen LogP contribution is 2.34. The molecule has 0 radical (unpaired) electrons. The lowest BCUT2D eigenvalue weighted by molar-refractivity contribution is 0.485. The van der Waals surface area contributed by atoms with E-state index in [-0.39, 0.29) is 5.95 Å². The van der Waals surface area contributed by atoms with Crippen LogP contribution in [0, 0.1) is 9.10 Å². The molecule has 0 aliphatic carbocycles. The summed E-state index contributed by atoms with van der Waals surface area (Å²) in [5.74, 6) is 2.13. The van der Waals surface area contributed by atoms with Gasteiger partial charge in [-0.15, -0.1) is 5.11 Å². The van der Waals surface area contributed by atoms with Crippen LogP contribution in [0.25, 0.3) is 22.0 Å². The first-order valence-corrected chi connectivity index (χ1v) is 11.0. The number of fused-ring (bicyclic) bond motifs is 1. The minimum Gasteiger partial charge on any atom is -0.456 e. The van der Waals surface area contributed by atoms with Gasteiger partial charge in [0.05, 0.1) is 9.26 Å². The predicted molar refractivity (Wildman–Crippen MR) is 134 cm³/mol. The van der Waals surface area contributed by atoms with Crippen molar-refractivity contribution in [3.05, 3.63) is 89.0 Å². The molecule has 5 aromatic rings. The van der Waals surface area contributed by atoms with Crippen molar-refractivity contribution in [1.82, 2.24) is 19.9 Å². The van der Waals surface area contributed by atoms with Crippen molar-refractivity contribution < 1.29 is 4.74 Å². The molecule has 0 amide bonds. The van der Waals surface area contributed by atoms with Gasteiger partial charge >= 0.3 is 0 Å². The summed E-state index contributed by atoms with van der Waals surface area (Å²) in [5, 5.41) is 8.70. The number of hydrogen-bond acceptors (Lipinski definition) is 8. The number of benzene rings is 2. The van der Waals surface area contributed by atoms with Crippen molar-refractivity contribution in [3.63, 3.8) is 0 Å². The fraction of sp³-hybridized carbons (Fsp3) is 0. The molecule has 0 spiro atoms. The Balaban J connectivity index is 1.42. The number of halogens is 1. The summed E-state index contributed by atoms with van der Waals surface area (Å²) >= 11 is 2.24. The summed E-state index contributed by atoms with van der Waals surface area (Å²) in [5.41, 5.74) is 9.69. The number of aromatic nitrogens is 4. The second-order valence-corrected chi connectivity index (χ2v) is 8.17. The van der Waals surface area contributed by atoms with Crippen LogP contribution in [0.5, 0.6) is 11.5 Å². The summed E-state index contributed by atoms with van der Waals surface area (Å²) in [6.07, 6.45) is 6.96. The zero-order chi connectivity index (χ0) is 22.6. The van der Waals surface area contributed by atoms with E-state index in [0.29, 0.717) is 11.5 Å². The molecule has 160 valence electrons. The number of rotatable bonds is 6. The topological polar surface area (TPSA) is 109 Å². The molecular weight excluding hydrogens is 529 g/mol. The van der Waals surface area contributed by atoms with Crippen LogP contribution in [-0.2, 0) is 0 Å². The van der Waals surface area contributed by atoms with Gasteiger partial charge in [-0.05, 0) is 65.1 Å². The second-order valence-electron chi connectivity index (χ2n) is 7.01. The number of ether oxygens (including phenoxy) is 1. The molecule has 0 bridgehead atoms. The zero-order valence-electron chi connectivity index (χ0n) is 17.1. The van der Waals surface area contributed by atoms with Crippen molar-refractivity contribution in [1.29, 1.82) is 5.53 Å². The number of anilines is 2. The van der Waals surface area contributed by atoms with Crippen molar-refractivity contribution in [2.45, 2.75) is 0 Å². The van der Waals surface area contributed by atoms with Crippen molar-refractivity contribution in [2.24, 2.45) is 5.11 Å². The van der Waals surface area contributed by atoms with Gasteiger partial charge in [0.2, 0.25) is 0 Å². The van der Waals surface area contributed by atoms with Gasteiger partial charge < -0.3 is 10.1 Å². The van der Waals surface area contributed by atoms with Gasteiger partial charge in [0.15, 0.2) is 0 Å². The summed E-state index contributed by atoms with van der Waals surface area (Å²) in [7, 11) is 0. The maximum absolute atomic E-state index is 7.34. The van der Waals surface area contributed by atoms with Crippen LogP contribution in [0.1, 0.15) is 0 Å². The first-order chi connectivity index (χ1) is 16.2. The van der Waals surface area contributed by atoms with E-state index < -0.39 is 0 Å². The molecule has 0 saturated carbocycles. The van der Waals surface area contributed by atoms with E-state index in [4.69, 9.17) is 10.3 Å². The number of pyridine rings is 2. The monoisotopic (exact) mass is 545 g/mol. The number of nitrogens with zero attached hydrogens (tertiary/aromatic N) is 5. The standard InChI is InChI=1S/C24H16IN7O/c25-19-12-17(4-5-22(19)33-21-3-1-2-16-14-28-11-8-18(16)21)29-23-13-20(30-24(31-23)32-26)15-6-9-27-10-7-15/h1-14,26H,(H,29,30,31). The second kappa shape index (κ2) is 9.25. The lowest BCUT2D eigenvalue weighted by Crippen LogP contribution is -1.97. The normalized spacial score (nSPS) is 10.7. The minimum atomic E-state index is 0.0758. The van der Waals surface area contributed by atoms with Crippen molar-refractivity contribution in [3.8, 4) is 22.8 Å². The molecule has 9 heteroatoms. The molecule has 33 heavy (non-hydrogen) atoms.